The Morgan fingerprint density at radius 1 is 1.47 bits per heavy atom. The van der Waals surface area contributed by atoms with E-state index in [-0.39, 0.29) is 11.9 Å². The molecule has 0 radical (unpaired) electrons. The van der Waals surface area contributed by atoms with Crippen molar-refractivity contribution in [2.75, 3.05) is 4.72 Å². The predicted molar refractivity (Wildman–Crippen MR) is 72.4 cm³/mol. The average Bonchev–Trinajstić information content (AvgIpc) is 3.13. The fourth-order valence-electron chi connectivity index (χ4n) is 1.54. The summed E-state index contributed by atoms with van der Waals surface area (Å²) in [6.07, 6.45) is 1.73. The summed E-state index contributed by atoms with van der Waals surface area (Å²) in [6.45, 7) is 1.77. The van der Waals surface area contributed by atoms with Gasteiger partial charge >= 0.3 is 0 Å². The molecule has 8 heteroatoms. The number of hydrogen-bond donors (Lipinski definition) is 4. The largest absolute Gasteiger partial charge is 0.409 e. The van der Waals surface area contributed by atoms with Crippen molar-refractivity contribution in [3.8, 4) is 0 Å². The summed E-state index contributed by atoms with van der Waals surface area (Å²) in [6, 6.07) is 4.90. The van der Waals surface area contributed by atoms with E-state index in [1.807, 2.05) is 0 Å². The Balaban J connectivity index is 2.23. The normalized spacial score (nSPS) is 16.4. The van der Waals surface area contributed by atoms with Gasteiger partial charge in [-0.25, -0.2) is 0 Å². The molecule has 0 atom stereocenters. The van der Waals surface area contributed by atoms with Crippen LogP contribution in [0.4, 0.5) is 5.69 Å². The highest BCUT2D eigenvalue weighted by atomic mass is 32.2. The maximum atomic E-state index is 11.8. The first-order chi connectivity index (χ1) is 8.91. The van der Waals surface area contributed by atoms with Gasteiger partial charge in [-0.15, -0.1) is 0 Å². The lowest BCUT2D eigenvalue weighted by Crippen LogP contribution is -2.32. The van der Waals surface area contributed by atoms with Gasteiger partial charge in [0, 0.05) is 11.6 Å². The summed E-state index contributed by atoms with van der Waals surface area (Å²) in [5.74, 6) is -0.0735. The summed E-state index contributed by atoms with van der Waals surface area (Å²) in [5.41, 5.74) is 7.06. The van der Waals surface area contributed by atoms with E-state index in [1.165, 1.54) is 6.07 Å². The lowest BCUT2D eigenvalue weighted by molar-refractivity contribution is 0.318. The Morgan fingerprint density at radius 2 is 2.16 bits per heavy atom. The first kappa shape index (κ1) is 13.6. The van der Waals surface area contributed by atoms with Crippen molar-refractivity contribution in [3.05, 3.63) is 29.3 Å². The monoisotopic (exact) mass is 284 g/mol. The van der Waals surface area contributed by atoms with Crippen LogP contribution in [0.3, 0.4) is 0 Å². The zero-order chi connectivity index (χ0) is 14.0. The second-order valence-electron chi connectivity index (χ2n) is 4.51. The molecule has 0 aromatic heterocycles. The van der Waals surface area contributed by atoms with Crippen molar-refractivity contribution in [2.45, 2.75) is 25.8 Å². The number of benzene rings is 1. The molecule has 1 aliphatic carbocycles. The van der Waals surface area contributed by atoms with Crippen molar-refractivity contribution in [2.24, 2.45) is 10.9 Å². The lowest BCUT2D eigenvalue weighted by Gasteiger charge is -2.12. The van der Waals surface area contributed by atoms with Crippen LogP contribution in [0.1, 0.15) is 24.0 Å². The predicted octanol–water partition coefficient (Wildman–Crippen LogP) is 0.498. The number of nitrogens with two attached hydrogens (primary N) is 1. The SMILES string of the molecule is Cc1ccc(/C(N)=N/O)cc1NS(=O)(=O)NC1CC1. The lowest BCUT2D eigenvalue weighted by atomic mass is 10.1. The number of rotatable bonds is 5. The highest BCUT2D eigenvalue weighted by Gasteiger charge is 2.27. The van der Waals surface area contributed by atoms with Crippen LogP contribution in [0.25, 0.3) is 0 Å². The summed E-state index contributed by atoms with van der Waals surface area (Å²) in [7, 11) is -3.59. The minimum absolute atomic E-state index is 0.0325. The summed E-state index contributed by atoms with van der Waals surface area (Å²) in [5, 5.41) is 11.5. The smallest absolute Gasteiger partial charge is 0.299 e. The van der Waals surface area contributed by atoms with E-state index in [1.54, 1.807) is 19.1 Å². The maximum Gasteiger partial charge on any atom is 0.299 e. The van der Waals surface area contributed by atoms with Gasteiger partial charge in [-0.1, -0.05) is 17.3 Å². The molecule has 1 aromatic carbocycles. The van der Waals surface area contributed by atoms with Gasteiger partial charge in [0.15, 0.2) is 5.84 Å². The van der Waals surface area contributed by atoms with E-state index >= 15 is 0 Å². The van der Waals surface area contributed by atoms with Gasteiger partial charge in [0.05, 0.1) is 5.69 Å². The number of amidine groups is 1. The third-order valence-electron chi connectivity index (χ3n) is 2.78. The van der Waals surface area contributed by atoms with E-state index in [9.17, 15) is 8.42 Å². The molecule has 0 saturated heterocycles. The molecule has 1 aromatic rings. The number of nitrogens with one attached hydrogen (secondary N) is 2. The van der Waals surface area contributed by atoms with Crippen LogP contribution in [-0.4, -0.2) is 25.5 Å². The van der Waals surface area contributed by atoms with Crippen molar-refractivity contribution >= 4 is 21.7 Å². The van der Waals surface area contributed by atoms with Crippen LogP contribution >= 0.6 is 0 Å². The minimum atomic E-state index is -3.59. The second-order valence-corrected chi connectivity index (χ2v) is 5.96. The van der Waals surface area contributed by atoms with E-state index in [0.717, 1.165) is 18.4 Å². The molecular formula is C11H16N4O3S. The van der Waals surface area contributed by atoms with E-state index < -0.39 is 10.2 Å². The third-order valence-corrected chi connectivity index (χ3v) is 3.92. The average molecular weight is 284 g/mol. The number of anilines is 1. The van der Waals surface area contributed by atoms with Gasteiger partial charge in [0.1, 0.15) is 0 Å². The van der Waals surface area contributed by atoms with E-state index in [0.29, 0.717) is 11.3 Å². The number of oxime groups is 1. The van der Waals surface area contributed by atoms with Crippen LogP contribution in [0.2, 0.25) is 0 Å². The maximum absolute atomic E-state index is 11.8. The second kappa shape index (κ2) is 5.06. The molecule has 5 N–H and O–H groups in total. The molecule has 0 amide bonds. The molecule has 0 spiro atoms. The summed E-state index contributed by atoms with van der Waals surface area (Å²) in [4.78, 5) is 0. The van der Waals surface area contributed by atoms with Crippen molar-refractivity contribution in [1.82, 2.24) is 4.72 Å². The summed E-state index contributed by atoms with van der Waals surface area (Å²) >= 11 is 0. The zero-order valence-corrected chi connectivity index (χ0v) is 11.2. The topological polar surface area (TPSA) is 117 Å². The number of nitrogens with zero attached hydrogens (tertiary/aromatic N) is 1. The molecule has 0 unspecified atom stereocenters. The summed E-state index contributed by atoms with van der Waals surface area (Å²) < 4.78 is 28.6. The van der Waals surface area contributed by atoms with Gasteiger partial charge in [-0.2, -0.15) is 13.1 Å². The van der Waals surface area contributed by atoms with Gasteiger partial charge < -0.3 is 10.9 Å². The molecule has 1 aliphatic rings. The standard InChI is InChI=1S/C11H16N4O3S/c1-7-2-3-8(11(12)13-16)6-10(7)15-19(17,18)14-9-4-5-9/h2-3,6,9,14-16H,4-5H2,1H3,(H2,12,13). The van der Waals surface area contributed by atoms with Gasteiger partial charge in [0.2, 0.25) is 0 Å². The van der Waals surface area contributed by atoms with Gasteiger partial charge in [0.25, 0.3) is 10.2 Å². The molecule has 1 saturated carbocycles. The van der Waals surface area contributed by atoms with E-state index in [4.69, 9.17) is 10.9 Å². The van der Waals surface area contributed by atoms with Crippen LogP contribution in [0.5, 0.6) is 0 Å². The minimum Gasteiger partial charge on any atom is -0.409 e. The molecule has 19 heavy (non-hydrogen) atoms. The molecular weight excluding hydrogens is 268 g/mol. The zero-order valence-electron chi connectivity index (χ0n) is 10.4. The van der Waals surface area contributed by atoms with Crippen molar-refractivity contribution < 1.29 is 13.6 Å². The first-order valence-corrected chi connectivity index (χ1v) is 7.28. The molecule has 0 bridgehead atoms. The van der Waals surface area contributed by atoms with Crippen molar-refractivity contribution in [3.63, 3.8) is 0 Å². The van der Waals surface area contributed by atoms with Crippen molar-refractivity contribution in [1.29, 1.82) is 0 Å². The Hall–Kier alpha value is -1.80. The van der Waals surface area contributed by atoms with Crippen LogP contribution < -0.4 is 15.2 Å². The Labute approximate surface area is 111 Å². The van der Waals surface area contributed by atoms with Crippen LogP contribution in [0, 0.1) is 6.92 Å². The first-order valence-electron chi connectivity index (χ1n) is 5.80. The number of hydrogen-bond acceptors (Lipinski definition) is 4. The van der Waals surface area contributed by atoms with Crippen LogP contribution in [-0.2, 0) is 10.2 Å². The molecule has 104 valence electrons. The number of aryl methyl sites for hydroxylation is 1. The molecule has 7 nitrogen and oxygen atoms in total. The Morgan fingerprint density at radius 3 is 2.74 bits per heavy atom. The highest BCUT2D eigenvalue weighted by molar-refractivity contribution is 7.90. The molecule has 2 rings (SSSR count). The molecule has 0 heterocycles. The van der Waals surface area contributed by atoms with E-state index in [2.05, 4.69) is 14.6 Å². The van der Waals surface area contributed by atoms with Gasteiger partial charge in [-0.3, -0.25) is 4.72 Å². The fraction of sp³-hybridized carbons (Fsp3) is 0.364. The third kappa shape index (κ3) is 3.58. The Bertz CT molecular complexity index is 608. The van der Waals surface area contributed by atoms with Gasteiger partial charge in [-0.05, 0) is 31.4 Å². The molecule has 0 aliphatic heterocycles. The fourth-order valence-corrected chi connectivity index (χ4v) is 2.79. The Kier molecular flexibility index (Phi) is 3.63. The quantitative estimate of drug-likeness (QED) is 0.272. The highest BCUT2D eigenvalue weighted by Crippen LogP contribution is 2.22. The van der Waals surface area contributed by atoms with Crippen LogP contribution in [0.15, 0.2) is 23.4 Å². The molecule has 1 fully saturated rings.